The summed E-state index contributed by atoms with van der Waals surface area (Å²) in [5.41, 5.74) is 10.2. The van der Waals surface area contributed by atoms with Gasteiger partial charge in [-0.2, -0.15) is 10.2 Å². The van der Waals surface area contributed by atoms with Gasteiger partial charge in [-0.1, -0.05) is 29.3 Å². The van der Waals surface area contributed by atoms with Crippen molar-refractivity contribution in [3.05, 3.63) is 40.1 Å². The number of nitrogens with one attached hydrogen (secondary N) is 1. The third kappa shape index (κ3) is 2.39. The van der Waals surface area contributed by atoms with Crippen LogP contribution in [0.2, 0.25) is 10.0 Å². The molecule has 0 amide bonds. The molecule has 3 aromatic rings. The van der Waals surface area contributed by atoms with Gasteiger partial charge in [0.1, 0.15) is 0 Å². The molecule has 3 N–H and O–H groups in total. The number of nitrogens with two attached hydrogens (primary N) is 1. The van der Waals surface area contributed by atoms with E-state index < -0.39 is 0 Å². The van der Waals surface area contributed by atoms with Crippen LogP contribution in [0.4, 0.5) is 5.82 Å². The number of hydrogen-bond donors (Lipinski definition) is 2. The molecule has 0 aliphatic rings. The Labute approximate surface area is 131 Å². The minimum absolute atomic E-state index is 0.387. The average Bonchev–Trinajstić information content (AvgIpc) is 2.93. The standard InChI is InChI=1S/C14H13Cl2N5/c1-7-10(6-21(2)20-7)13-12(14(17)19-18-13)9-4-3-8(15)5-11(9)16/h3-6H,1-2H3,(H3,17,18,19). The first-order valence-corrected chi connectivity index (χ1v) is 7.03. The average molecular weight is 322 g/mol. The highest BCUT2D eigenvalue weighted by Gasteiger charge is 2.20. The Hall–Kier alpha value is -1.98. The number of hydrogen-bond acceptors (Lipinski definition) is 3. The molecule has 1 aromatic carbocycles. The number of rotatable bonds is 2. The molecule has 0 spiro atoms. The maximum absolute atomic E-state index is 6.29. The predicted molar refractivity (Wildman–Crippen MR) is 85.4 cm³/mol. The second-order valence-corrected chi connectivity index (χ2v) is 5.63. The highest BCUT2D eigenvalue weighted by molar-refractivity contribution is 6.36. The molecular weight excluding hydrogens is 309 g/mol. The van der Waals surface area contributed by atoms with E-state index in [0.717, 1.165) is 28.1 Å². The Balaban J connectivity index is 2.24. The number of anilines is 1. The molecule has 0 aliphatic carbocycles. The van der Waals surface area contributed by atoms with E-state index in [1.165, 1.54) is 0 Å². The number of nitrogen functional groups attached to an aromatic ring is 1. The van der Waals surface area contributed by atoms with Crippen LogP contribution in [0, 0.1) is 6.92 Å². The number of H-pyrrole nitrogens is 1. The molecule has 0 unspecified atom stereocenters. The third-order valence-corrected chi connectivity index (χ3v) is 3.83. The number of aromatic nitrogens is 4. The molecule has 5 nitrogen and oxygen atoms in total. The van der Waals surface area contributed by atoms with Crippen molar-refractivity contribution >= 4 is 29.0 Å². The van der Waals surface area contributed by atoms with Crippen LogP contribution in [0.25, 0.3) is 22.4 Å². The normalized spacial score (nSPS) is 11.0. The van der Waals surface area contributed by atoms with Gasteiger partial charge in [0, 0.05) is 29.4 Å². The summed E-state index contributed by atoms with van der Waals surface area (Å²) < 4.78 is 1.74. The van der Waals surface area contributed by atoms with Gasteiger partial charge >= 0.3 is 0 Å². The number of aryl methyl sites for hydroxylation is 2. The van der Waals surface area contributed by atoms with Crippen LogP contribution >= 0.6 is 23.2 Å². The molecule has 0 aliphatic heterocycles. The van der Waals surface area contributed by atoms with Crippen LogP contribution in [-0.4, -0.2) is 20.0 Å². The second-order valence-electron chi connectivity index (χ2n) is 4.78. The fraction of sp³-hybridized carbons (Fsp3) is 0.143. The molecule has 0 atom stereocenters. The van der Waals surface area contributed by atoms with E-state index in [2.05, 4.69) is 15.3 Å². The number of aromatic amines is 1. The number of halogens is 2. The van der Waals surface area contributed by atoms with Crippen molar-refractivity contribution < 1.29 is 0 Å². The van der Waals surface area contributed by atoms with Gasteiger partial charge in [-0.3, -0.25) is 9.78 Å². The summed E-state index contributed by atoms with van der Waals surface area (Å²) in [6.07, 6.45) is 1.91. The van der Waals surface area contributed by atoms with Crippen molar-refractivity contribution in [2.45, 2.75) is 6.92 Å². The zero-order chi connectivity index (χ0) is 15.1. The number of nitrogens with zero attached hydrogens (tertiary/aromatic N) is 3. The zero-order valence-corrected chi connectivity index (χ0v) is 13.0. The predicted octanol–water partition coefficient (Wildman–Crippen LogP) is 3.67. The fourth-order valence-electron chi connectivity index (χ4n) is 2.36. The largest absolute Gasteiger partial charge is 0.382 e. The highest BCUT2D eigenvalue weighted by atomic mass is 35.5. The Morgan fingerprint density at radius 3 is 2.62 bits per heavy atom. The minimum Gasteiger partial charge on any atom is -0.382 e. The summed E-state index contributed by atoms with van der Waals surface area (Å²) >= 11 is 12.2. The lowest BCUT2D eigenvalue weighted by Crippen LogP contribution is -1.90. The Morgan fingerprint density at radius 2 is 2.00 bits per heavy atom. The van der Waals surface area contributed by atoms with Crippen molar-refractivity contribution in [3.8, 4) is 22.4 Å². The van der Waals surface area contributed by atoms with Gasteiger partial charge in [0.05, 0.1) is 22.0 Å². The van der Waals surface area contributed by atoms with Crippen LogP contribution in [0.1, 0.15) is 5.69 Å². The van der Waals surface area contributed by atoms with Crippen LogP contribution < -0.4 is 5.73 Å². The lowest BCUT2D eigenvalue weighted by Gasteiger charge is -2.06. The second kappa shape index (κ2) is 5.09. The van der Waals surface area contributed by atoms with E-state index in [1.807, 2.05) is 26.2 Å². The van der Waals surface area contributed by atoms with Crippen LogP contribution in [-0.2, 0) is 7.05 Å². The molecule has 108 valence electrons. The van der Waals surface area contributed by atoms with E-state index in [9.17, 15) is 0 Å². The zero-order valence-electron chi connectivity index (χ0n) is 11.5. The summed E-state index contributed by atoms with van der Waals surface area (Å²) in [5.74, 6) is 0.387. The molecule has 0 radical (unpaired) electrons. The lowest BCUT2D eigenvalue weighted by atomic mass is 10.0. The fourth-order valence-corrected chi connectivity index (χ4v) is 2.86. The Morgan fingerprint density at radius 1 is 1.24 bits per heavy atom. The van der Waals surface area contributed by atoms with Crippen molar-refractivity contribution in [1.29, 1.82) is 0 Å². The molecule has 0 fully saturated rings. The Bertz CT molecular complexity index is 819. The maximum atomic E-state index is 6.29. The molecule has 3 rings (SSSR count). The van der Waals surface area contributed by atoms with E-state index in [-0.39, 0.29) is 0 Å². The topological polar surface area (TPSA) is 72.5 Å². The van der Waals surface area contributed by atoms with E-state index in [4.69, 9.17) is 28.9 Å². The van der Waals surface area contributed by atoms with Gasteiger partial charge < -0.3 is 5.73 Å². The van der Waals surface area contributed by atoms with Gasteiger partial charge in [0.15, 0.2) is 5.82 Å². The van der Waals surface area contributed by atoms with E-state index >= 15 is 0 Å². The van der Waals surface area contributed by atoms with Gasteiger partial charge in [-0.25, -0.2) is 0 Å². The van der Waals surface area contributed by atoms with Gasteiger partial charge in [-0.05, 0) is 19.1 Å². The quantitative estimate of drug-likeness (QED) is 0.756. The molecular formula is C14H13Cl2N5. The lowest BCUT2D eigenvalue weighted by molar-refractivity contribution is 0.756. The Kier molecular flexibility index (Phi) is 3.39. The summed E-state index contributed by atoms with van der Waals surface area (Å²) in [6.45, 7) is 1.93. The van der Waals surface area contributed by atoms with Crippen LogP contribution in [0.5, 0.6) is 0 Å². The summed E-state index contributed by atoms with van der Waals surface area (Å²) in [6, 6.07) is 5.29. The summed E-state index contributed by atoms with van der Waals surface area (Å²) in [4.78, 5) is 0. The van der Waals surface area contributed by atoms with Crippen molar-refractivity contribution in [1.82, 2.24) is 20.0 Å². The van der Waals surface area contributed by atoms with Gasteiger partial charge in [-0.15, -0.1) is 0 Å². The first-order chi connectivity index (χ1) is 9.97. The molecule has 21 heavy (non-hydrogen) atoms. The van der Waals surface area contributed by atoms with E-state index in [0.29, 0.717) is 15.9 Å². The smallest absolute Gasteiger partial charge is 0.153 e. The number of benzene rings is 1. The maximum Gasteiger partial charge on any atom is 0.153 e. The summed E-state index contributed by atoms with van der Waals surface area (Å²) in [7, 11) is 1.87. The van der Waals surface area contributed by atoms with E-state index in [1.54, 1.807) is 16.8 Å². The van der Waals surface area contributed by atoms with Gasteiger partial charge in [0.2, 0.25) is 0 Å². The molecule has 2 aromatic heterocycles. The first kappa shape index (κ1) is 14.0. The minimum atomic E-state index is 0.387. The van der Waals surface area contributed by atoms with Crippen molar-refractivity contribution in [3.63, 3.8) is 0 Å². The molecule has 0 saturated heterocycles. The summed E-state index contributed by atoms with van der Waals surface area (Å²) in [5, 5.41) is 12.5. The molecule has 0 saturated carbocycles. The molecule has 7 heteroatoms. The van der Waals surface area contributed by atoms with Crippen LogP contribution in [0.3, 0.4) is 0 Å². The van der Waals surface area contributed by atoms with Crippen LogP contribution in [0.15, 0.2) is 24.4 Å². The first-order valence-electron chi connectivity index (χ1n) is 6.27. The molecule has 2 heterocycles. The van der Waals surface area contributed by atoms with Gasteiger partial charge in [0.25, 0.3) is 0 Å². The van der Waals surface area contributed by atoms with Crippen molar-refractivity contribution in [2.24, 2.45) is 7.05 Å². The third-order valence-electron chi connectivity index (χ3n) is 3.28. The highest BCUT2D eigenvalue weighted by Crippen LogP contribution is 2.39. The SMILES string of the molecule is Cc1nn(C)cc1-c1[nH]nc(N)c1-c1ccc(Cl)cc1Cl. The monoisotopic (exact) mass is 321 g/mol. The van der Waals surface area contributed by atoms with Crippen molar-refractivity contribution in [2.75, 3.05) is 5.73 Å². The molecule has 0 bridgehead atoms.